The molecule has 6 nitrogen and oxygen atoms in total. The van der Waals surface area contributed by atoms with E-state index in [1.54, 1.807) is 38.1 Å². The van der Waals surface area contributed by atoms with Gasteiger partial charge in [0.2, 0.25) is 0 Å². The van der Waals surface area contributed by atoms with Crippen LogP contribution in [0.1, 0.15) is 51.6 Å². The molecule has 0 spiro atoms. The molecule has 1 aliphatic rings. The molecule has 0 saturated carbocycles. The largest absolute Gasteiger partial charge is 0.508 e. The van der Waals surface area contributed by atoms with Gasteiger partial charge in [-0.15, -0.1) is 0 Å². The van der Waals surface area contributed by atoms with Crippen LogP contribution in [0, 0.1) is 13.8 Å². The number of phenols is 1. The smallest absolute Gasteiger partial charge is 0.253 e. The Hall–Kier alpha value is -3.12. The highest BCUT2D eigenvalue weighted by molar-refractivity contribution is 5.93. The third-order valence-corrected chi connectivity index (χ3v) is 6.43. The summed E-state index contributed by atoms with van der Waals surface area (Å²) in [7, 11) is 3.50. The van der Waals surface area contributed by atoms with Gasteiger partial charge in [-0.2, -0.15) is 0 Å². The molecule has 1 unspecified atom stereocenters. The zero-order valence-electron chi connectivity index (χ0n) is 19.1. The van der Waals surface area contributed by atoms with E-state index in [1.807, 2.05) is 31.2 Å². The van der Waals surface area contributed by atoms with E-state index in [1.165, 1.54) is 0 Å². The molecule has 1 amide bonds. The fourth-order valence-corrected chi connectivity index (χ4v) is 4.56. The first kappa shape index (κ1) is 22.1. The minimum absolute atomic E-state index is 0.00211. The molecular weight excluding hydrogens is 404 g/mol. The van der Waals surface area contributed by atoms with Crippen LogP contribution in [0.3, 0.4) is 0 Å². The zero-order chi connectivity index (χ0) is 23.0. The fourth-order valence-electron chi connectivity index (χ4n) is 4.56. The summed E-state index contributed by atoms with van der Waals surface area (Å²) in [5.74, 6) is 0.986. The lowest BCUT2D eigenvalue weighted by molar-refractivity contribution is 0.0827. The molecule has 0 radical (unpaired) electrons. The molecule has 4 rings (SSSR count). The topological polar surface area (TPSA) is 74.0 Å². The van der Waals surface area contributed by atoms with Crippen LogP contribution in [0.4, 0.5) is 0 Å². The molecule has 2 heterocycles. The van der Waals surface area contributed by atoms with Crippen molar-refractivity contribution in [3.05, 3.63) is 74.6 Å². The number of fused-ring (bicyclic) bond motifs is 1. The molecule has 1 atom stereocenters. The number of hydrogen-bond donors (Lipinski definition) is 1. The number of carbonyl (C=O) groups excluding carboxylic acids is 1. The van der Waals surface area contributed by atoms with Gasteiger partial charge in [0.1, 0.15) is 17.1 Å². The first-order chi connectivity index (χ1) is 15.3. The highest BCUT2D eigenvalue weighted by atomic mass is 16.3. The van der Waals surface area contributed by atoms with Crippen molar-refractivity contribution in [3.8, 4) is 5.75 Å². The normalized spacial score (nSPS) is 16.9. The monoisotopic (exact) mass is 434 g/mol. The molecule has 1 aromatic heterocycles. The highest BCUT2D eigenvalue weighted by Gasteiger charge is 2.27. The highest BCUT2D eigenvalue weighted by Crippen LogP contribution is 2.33. The second-order valence-electron chi connectivity index (χ2n) is 8.98. The number of piperidine rings is 1. The lowest BCUT2D eigenvalue weighted by atomic mass is 9.92. The molecule has 1 N–H and O–H groups in total. The van der Waals surface area contributed by atoms with Gasteiger partial charge >= 0.3 is 0 Å². The summed E-state index contributed by atoms with van der Waals surface area (Å²) in [5, 5.41) is 10.6. The number of nitrogens with zero attached hydrogens (tertiary/aromatic N) is 2. The Kier molecular flexibility index (Phi) is 6.07. The van der Waals surface area contributed by atoms with Crippen molar-refractivity contribution in [1.82, 2.24) is 9.80 Å². The van der Waals surface area contributed by atoms with Crippen LogP contribution in [0.25, 0.3) is 11.0 Å². The number of amides is 1. The summed E-state index contributed by atoms with van der Waals surface area (Å²) >= 11 is 0. The summed E-state index contributed by atoms with van der Waals surface area (Å²) in [6, 6.07) is 11.0. The molecule has 6 heteroatoms. The summed E-state index contributed by atoms with van der Waals surface area (Å²) in [5.41, 5.74) is 3.54. The van der Waals surface area contributed by atoms with Gasteiger partial charge < -0.3 is 14.4 Å². The number of carbonyl (C=O) groups is 1. The van der Waals surface area contributed by atoms with Gasteiger partial charge in [0.25, 0.3) is 5.91 Å². The van der Waals surface area contributed by atoms with Crippen LogP contribution in [-0.2, 0) is 6.54 Å². The van der Waals surface area contributed by atoms with E-state index in [0.717, 1.165) is 43.8 Å². The first-order valence-electron chi connectivity index (χ1n) is 11.0. The molecule has 0 aliphatic carbocycles. The Morgan fingerprint density at radius 2 is 1.84 bits per heavy atom. The predicted octanol–water partition coefficient (Wildman–Crippen LogP) is 4.20. The third kappa shape index (κ3) is 4.15. The maximum absolute atomic E-state index is 13.0. The van der Waals surface area contributed by atoms with Gasteiger partial charge in [-0.25, -0.2) is 0 Å². The van der Waals surface area contributed by atoms with Crippen LogP contribution in [-0.4, -0.2) is 48.0 Å². The van der Waals surface area contributed by atoms with Crippen LogP contribution < -0.4 is 5.43 Å². The molecule has 0 bridgehead atoms. The van der Waals surface area contributed by atoms with Gasteiger partial charge in [0.15, 0.2) is 5.43 Å². The molecule has 3 aromatic rings. The van der Waals surface area contributed by atoms with Crippen molar-refractivity contribution in [2.75, 3.05) is 27.2 Å². The maximum Gasteiger partial charge on any atom is 0.253 e. The van der Waals surface area contributed by atoms with Gasteiger partial charge in [-0.3, -0.25) is 14.5 Å². The van der Waals surface area contributed by atoms with Gasteiger partial charge in [-0.05, 0) is 63.1 Å². The minimum Gasteiger partial charge on any atom is -0.508 e. The van der Waals surface area contributed by atoms with Crippen molar-refractivity contribution in [2.24, 2.45) is 0 Å². The molecule has 168 valence electrons. The van der Waals surface area contributed by atoms with E-state index in [9.17, 15) is 14.7 Å². The fraction of sp³-hybridized carbons (Fsp3) is 0.385. The lowest BCUT2D eigenvalue weighted by Crippen LogP contribution is -2.34. The second kappa shape index (κ2) is 8.79. The number of aromatic hydroxyl groups is 1. The number of likely N-dealkylation sites (tertiary alicyclic amines) is 1. The number of hydrogen-bond acceptors (Lipinski definition) is 5. The van der Waals surface area contributed by atoms with Crippen LogP contribution in [0.5, 0.6) is 5.75 Å². The lowest BCUT2D eigenvalue weighted by Gasteiger charge is -2.32. The standard InChI is InChI=1S/C26H30N2O4/c1-16-22(29)12-11-21-23(30)17(2)24(32-25(16)21)20-6-5-13-28(15-20)14-18-7-9-19(10-8-18)26(31)27(3)4/h7-12,20,29H,5-6,13-15H2,1-4H3. The van der Waals surface area contributed by atoms with Crippen molar-refractivity contribution < 1.29 is 14.3 Å². The van der Waals surface area contributed by atoms with E-state index in [2.05, 4.69) is 4.90 Å². The summed E-state index contributed by atoms with van der Waals surface area (Å²) in [6.07, 6.45) is 1.97. The van der Waals surface area contributed by atoms with Crippen molar-refractivity contribution in [2.45, 2.75) is 39.2 Å². The summed E-state index contributed by atoms with van der Waals surface area (Å²) < 4.78 is 6.26. The summed E-state index contributed by atoms with van der Waals surface area (Å²) in [6.45, 7) is 6.17. The quantitative estimate of drug-likeness (QED) is 0.666. The molecule has 1 aliphatic heterocycles. The van der Waals surface area contributed by atoms with Crippen molar-refractivity contribution in [1.29, 1.82) is 0 Å². The van der Waals surface area contributed by atoms with E-state index in [0.29, 0.717) is 27.7 Å². The van der Waals surface area contributed by atoms with Crippen LogP contribution in [0.15, 0.2) is 45.6 Å². The number of aryl methyl sites for hydroxylation is 1. The molecule has 1 saturated heterocycles. The third-order valence-electron chi connectivity index (χ3n) is 6.43. The van der Waals surface area contributed by atoms with E-state index >= 15 is 0 Å². The SMILES string of the molecule is Cc1c(C2CCCN(Cc3ccc(C(=O)N(C)C)cc3)C2)oc2c(C)c(O)ccc2c1=O. The number of phenolic OH excluding ortho intramolecular Hbond substituents is 1. The first-order valence-corrected chi connectivity index (χ1v) is 11.0. The Labute approximate surface area is 188 Å². The predicted molar refractivity (Wildman–Crippen MR) is 125 cm³/mol. The van der Waals surface area contributed by atoms with Crippen molar-refractivity contribution in [3.63, 3.8) is 0 Å². The maximum atomic E-state index is 13.0. The van der Waals surface area contributed by atoms with Crippen LogP contribution in [0.2, 0.25) is 0 Å². The average molecular weight is 435 g/mol. The number of rotatable bonds is 4. The second-order valence-corrected chi connectivity index (χ2v) is 8.98. The Bertz CT molecular complexity index is 1210. The molecule has 32 heavy (non-hydrogen) atoms. The van der Waals surface area contributed by atoms with Gasteiger partial charge in [0.05, 0.1) is 5.39 Å². The molecular formula is C26H30N2O4. The van der Waals surface area contributed by atoms with Crippen LogP contribution >= 0.6 is 0 Å². The van der Waals surface area contributed by atoms with Crippen molar-refractivity contribution >= 4 is 16.9 Å². The zero-order valence-corrected chi connectivity index (χ0v) is 19.1. The van der Waals surface area contributed by atoms with E-state index in [-0.39, 0.29) is 23.0 Å². The molecule has 1 fully saturated rings. The van der Waals surface area contributed by atoms with E-state index < -0.39 is 0 Å². The summed E-state index contributed by atoms with van der Waals surface area (Å²) in [4.78, 5) is 29.0. The van der Waals surface area contributed by atoms with Gasteiger partial charge in [-0.1, -0.05) is 12.1 Å². The Balaban J connectivity index is 1.56. The Morgan fingerprint density at radius 3 is 2.53 bits per heavy atom. The minimum atomic E-state index is -0.0254. The Morgan fingerprint density at radius 1 is 1.12 bits per heavy atom. The van der Waals surface area contributed by atoms with Gasteiger partial charge in [0, 0.05) is 49.8 Å². The van der Waals surface area contributed by atoms with E-state index in [4.69, 9.17) is 4.42 Å². The number of benzene rings is 2. The molecule has 2 aromatic carbocycles. The average Bonchev–Trinajstić information content (AvgIpc) is 2.79.